The number of para-hydroxylation sites is 1. The first-order valence-electron chi connectivity index (χ1n) is 7.72. The van der Waals surface area contributed by atoms with Crippen molar-refractivity contribution in [3.63, 3.8) is 0 Å². The van der Waals surface area contributed by atoms with Gasteiger partial charge in [-0.1, -0.05) is 17.3 Å². The average Bonchev–Trinajstić information content (AvgIpc) is 3.27. The van der Waals surface area contributed by atoms with Gasteiger partial charge in [0, 0.05) is 12.5 Å². The molecule has 7 nitrogen and oxygen atoms in total. The number of fused-ring (bicyclic) bond motifs is 1. The lowest BCUT2D eigenvalue weighted by Gasteiger charge is -1.98. The Labute approximate surface area is 133 Å². The molecule has 0 saturated carbocycles. The molecular weight excluding hydrogens is 296 g/mol. The zero-order valence-corrected chi connectivity index (χ0v) is 12.9. The molecule has 0 spiro atoms. The van der Waals surface area contributed by atoms with Crippen molar-refractivity contribution in [3.8, 4) is 0 Å². The number of rotatable bonds is 5. The van der Waals surface area contributed by atoms with Gasteiger partial charge in [0.05, 0.1) is 17.6 Å². The summed E-state index contributed by atoms with van der Waals surface area (Å²) < 4.78 is 16.2. The maximum atomic E-state index is 5.63. The number of aromatic nitrogens is 4. The highest BCUT2D eigenvalue weighted by molar-refractivity contribution is 5.78. The highest BCUT2D eigenvalue weighted by atomic mass is 16.5. The van der Waals surface area contributed by atoms with Gasteiger partial charge in [-0.3, -0.25) is 0 Å². The summed E-state index contributed by atoms with van der Waals surface area (Å²) in [5.74, 6) is 2.23. The third-order valence-corrected chi connectivity index (χ3v) is 4.01. The molecule has 120 valence electrons. The van der Waals surface area contributed by atoms with Crippen LogP contribution in [0.2, 0.25) is 0 Å². The van der Waals surface area contributed by atoms with Gasteiger partial charge in [-0.25, -0.2) is 4.98 Å². The molecule has 1 atom stereocenters. The predicted molar refractivity (Wildman–Crippen MR) is 81.8 cm³/mol. The van der Waals surface area contributed by atoms with Crippen LogP contribution in [0.15, 0.2) is 22.7 Å². The summed E-state index contributed by atoms with van der Waals surface area (Å²) >= 11 is 0. The Bertz CT molecular complexity index is 805. The molecule has 7 heteroatoms. The molecule has 4 rings (SSSR count). The summed E-state index contributed by atoms with van der Waals surface area (Å²) in [5, 5.41) is 4.00. The Balaban J connectivity index is 1.36. The van der Waals surface area contributed by atoms with Crippen molar-refractivity contribution >= 4 is 11.0 Å². The van der Waals surface area contributed by atoms with Crippen molar-refractivity contribution in [2.75, 3.05) is 13.2 Å². The van der Waals surface area contributed by atoms with Crippen molar-refractivity contribution in [1.82, 2.24) is 20.1 Å². The SMILES string of the molecule is Cc1cccc2[nH]c(COCc3nc([C@@H]4CCOC4)no3)nc12. The largest absolute Gasteiger partial charge is 0.381 e. The van der Waals surface area contributed by atoms with Crippen LogP contribution >= 0.6 is 0 Å². The molecule has 1 aliphatic rings. The van der Waals surface area contributed by atoms with Gasteiger partial charge < -0.3 is 19.0 Å². The van der Waals surface area contributed by atoms with Crippen LogP contribution < -0.4 is 0 Å². The van der Waals surface area contributed by atoms with Crippen LogP contribution in [0.25, 0.3) is 11.0 Å². The molecule has 3 heterocycles. The van der Waals surface area contributed by atoms with Crippen LogP contribution in [0.4, 0.5) is 0 Å². The van der Waals surface area contributed by atoms with E-state index in [9.17, 15) is 0 Å². The van der Waals surface area contributed by atoms with Crippen LogP contribution in [0.5, 0.6) is 0 Å². The summed E-state index contributed by atoms with van der Waals surface area (Å²) in [5.41, 5.74) is 3.14. The van der Waals surface area contributed by atoms with Gasteiger partial charge in [0.25, 0.3) is 5.89 Å². The summed E-state index contributed by atoms with van der Waals surface area (Å²) in [6.07, 6.45) is 0.943. The van der Waals surface area contributed by atoms with E-state index in [2.05, 4.69) is 20.1 Å². The van der Waals surface area contributed by atoms with Crippen molar-refractivity contribution in [2.24, 2.45) is 0 Å². The summed E-state index contributed by atoms with van der Waals surface area (Å²) in [6, 6.07) is 6.06. The quantitative estimate of drug-likeness (QED) is 0.778. The van der Waals surface area contributed by atoms with Crippen LogP contribution in [0.3, 0.4) is 0 Å². The molecular formula is C16H18N4O3. The fourth-order valence-electron chi connectivity index (χ4n) is 2.76. The Morgan fingerprint density at radius 3 is 3.09 bits per heavy atom. The summed E-state index contributed by atoms with van der Waals surface area (Å²) in [6.45, 7) is 4.12. The molecule has 1 N–H and O–H groups in total. The molecule has 0 radical (unpaired) electrons. The van der Waals surface area contributed by atoms with E-state index in [0.717, 1.165) is 35.4 Å². The molecule has 0 bridgehead atoms. The Kier molecular flexibility index (Phi) is 3.80. The third-order valence-electron chi connectivity index (χ3n) is 4.01. The maximum Gasteiger partial charge on any atom is 0.252 e. The van der Waals surface area contributed by atoms with Crippen molar-refractivity contribution in [2.45, 2.75) is 32.5 Å². The third kappa shape index (κ3) is 2.97. The first-order chi connectivity index (χ1) is 11.3. The van der Waals surface area contributed by atoms with Gasteiger partial charge in [-0.05, 0) is 25.0 Å². The normalized spacial score (nSPS) is 18.0. The first-order valence-corrected chi connectivity index (χ1v) is 7.72. The van der Waals surface area contributed by atoms with Crippen molar-refractivity contribution in [3.05, 3.63) is 41.3 Å². The fourth-order valence-corrected chi connectivity index (χ4v) is 2.76. The minimum absolute atomic E-state index is 0.242. The van der Waals surface area contributed by atoms with E-state index >= 15 is 0 Å². The number of nitrogens with one attached hydrogen (secondary N) is 1. The van der Waals surface area contributed by atoms with E-state index in [1.54, 1.807) is 0 Å². The van der Waals surface area contributed by atoms with Crippen LogP contribution in [0.1, 0.15) is 35.4 Å². The second-order valence-corrected chi connectivity index (χ2v) is 5.75. The smallest absolute Gasteiger partial charge is 0.252 e. The monoisotopic (exact) mass is 314 g/mol. The first kappa shape index (κ1) is 14.3. The number of imidazole rings is 1. The highest BCUT2D eigenvalue weighted by Gasteiger charge is 2.23. The number of aromatic amines is 1. The van der Waals surface area contributed by atoms with E-state index in [4.69, 9.17) is 14.0 Å². The minimum atomic E-state index is 0.242. The van der Waals surface area contributed by atoms with E-state index in [1.807, 2.05) is 25.1 Å². The molecule has 1 fully saturated rings. The number of hydrogen-bond donors (Lipinski definition) is 1. The fraction of sp³-hybridized carbons (Fsp3) is 0.438. The molecule has 1 saturated heterocycles. The van der Waals surface area contributed by atoms with E-state index in [-0.39, 0.29) is 12.5 Å². The Hall–Kier alpha value is -2.25. The van der Waals surface area contributed by atoms with Gasteiger partial charge >= 0.3 is 0 Å². The number of hydrogen-bond acceptors (Lipinski definition) is 6. The number of benzene rings is 1. The highest BCUT2D eigenvalue weighted by Crippen LogP contribution is 2.22. The number of ether oxygens (including phenoxy) is 2. The zero-order chi connectivity index (χ0) is 15.6. The van der Waals surface area contributed by atoms with Crippen LogP contribution in [0, 0.1) is 6.92 Å². The maximum absolute atomic E-state index is 5.63. The van der Waals surface area contributed by atoms with Crippen molar-refractivity contribution in [1.29, 1.82) is 0 Å². The Morgan fingerprint density at radius 1 is 1.30 bits per heavy atom. The predicted octanol–water partition coefficient (Wildman–Crippen LogP) is 2.48. The molecule has 3 aromatic rings. The topological polar surface area (TPSA) is 86.1 Å². The molecule has 0 amide bonds. The van der Waals surface area contributed by atoms with Crippen LogP contribution in [-0.2, 0) is 22.7 Å². The van der Waals surface area contributed by atoms with Crippen molar-refractivity contribution < 1.29 is 14.0 Å². The summed E-state index contributed by atoms with van der Waals surface area (Å²) in [4.78, 5) is 12.2. The molecule has 0 aliphatic carbocycles. The van der Waals surface area contributed by atoms with E-state index in [1.165, 1.54) is 0 Å². The number of aryl methyl sites for hydroxylation is 1. The number of nitrogens with zero attached hydrogens (tertiary/aromatic N) is 3. The molecule has 23 heavy (non-hydrogen) atoms. The average molecular weight is 314 g/mol. The van der Waals surface area contributed by atoms with Gasteiger partial charge in [0.1, 0.15) is 19.0 Å². The second-order valence-electron chi connectivity index (χ2n) is 5.75. The lowest BCUT2D eigenvalue weighted by Crippen LogP contribution is -2.01. The van der Waals surface area contributed by atoms with E-state index in [0.29, 0.717) is 24.9 Å². The lowest BCUT2D eigenvalue weighted by atomic mass is 10.1. The minimum Gasteiger partial charge on any atom is -0.381 e. The van der Waals surface area contributed by atoms with Gasteiger partial charge in [0.15, 0.2) is 5.82 Å². The van der Waals surface area contributed by atoms with Crippen LogP contribution in [-0.4, -0.2) is 33.3 Å². The standard InChI is InChI=1S/C16H18N4O3/c1-10-3-2-4-12-15(10)18-13(17-12)8-22-9-14-19-16(20-23-14)11-5-6-21-7-11/h2-4,11H,5-9H2,1H3,(H,17,18)/t11-/m1/s1. The second kappa shape index (κ2) is 6.10. The summed E-state index contributed by atoms with van der Waals surface area (Å²) in [7, 11) is 0. The molecule has 0 unspecified atom stereocenters. The van der Waals surface area contributed by atoms with Gasteiger partial charge in [-0.15, -0.1) is 0 Å². The number of H-pyrrole nitrogens is 1. The van der Waals surface area contributed by atoms with Gasteiger partial charge in [-0.2, -0.15) is 4.98 Å². The molecule has 1 aliphatic heterocycles. The zero-order valence-electron chi connectivity index (χ0n) is 12.9. The molecule has 2 aromatic heterocycles. The van der Waals surface area contributed by atoms with Gasteiger partial charge in [0.2, 0.25) is 0 Å². The Morgan fingerprint density at radius 2 is 2.26 bits per heavy atom. The molecule has 1 aromatic carbocycles. The van der Waals surface area contributed by atoms with E-state index < -0.39 is 0 Å². The lowest BCUT2D eigenvalue weighted by molar-refractivity contribution is 0.0811.